The Morgan fingerprint density at radius 1 is 1.11 bits per heavy atom. The molecule has 0 bridgehead atoms. The van der Waals surface area contributed by atoms with Gasteiger partial charge >= 0.3 is 0 Å². The first-order valence-corrected chi connectivity index (χ1v) is 7.16. The summed E-state index contributed by atoms with van der Waals surface area (Å²) in [7, 11) is 0. The molecule has 0 heterocycles. The summed E-state index contributed by atoms with van der Waals surface area (Å²) in [6.07, 6.45) is 0. The van der Waals surface area contributed by atoms with Crippen molar-refractivity contribution < 1.29 is 4.39 Å². The summed E-state index contributed by atoms with van der Waals surface area (Å²) >= 11 is 1.72. The molecule has 96 valence electrons. The van der Waals surface area contributed by atoms with Crippen LogP contribution in [-0.4, -0.2) is 0 Å². The molecule has 3 heteroatoms. The standard InChI is InChI=1S/C16H14FNS/c1-12-3-2-4-13(5-12)10-19-11-15-6-14(9-18)7-16(17)8-15/h2-8H,10-11H2,1H3. The van der Waals surface area contributed by atoms with Crippen LogP contribution in [0.4, 0.5) is 4.39 Å². The fourth-order valence-corrected chi connectivity index (χ4v) is 2.81. The van der Waals surface area contributed by atoms with Crippen LogP contribution < -0.4 is 0 Å². The molecule has 0 atom stereocenters. The zero-order valence-electron chi connectivity index (χ0n) is 10.7. The van der Waals surface area contributed by atoms with Gasteiger partial charge in [0.05, 0.1) is 11.6 Å². The molecule has 0 amide bonds. The lowest BCUT2D eigenvalue weighted by molar-refractivity contribution is 0.626. The third kappa shape index (κ3) is 4.11. The number of nitrogens with zero attached hydrogens (tertiary/aromatic N) is 1. The van der Waals surface area contributed by atoms with Crippen molar-refractivity contribution >= 4 is 11.8 Å². The van der Waals surface area contributed by atoms with Crippen molar-refractivity contribution in [2.75, 3.05) is 0 Å². The van der Waals surface area contributed by atoms with E-state index in [9.17, 15) is 4.39 Å². The zero-order chi connectivity index (χ0) is 13.7. The van der Waals surface area contributed by atoms with Crippen LogP contribution in [0.3, 0.4) is 0 Å². The molecule has 2 rings (SSSR count). The van der Waals surface area contributed by atoms with Gasteiger partial charge in [-0.05, 0) is 36.2 Å². The van der Waals surface area contributed by atoms with Gasteiger partial charge in [0.15, 0.2) is 0 Å². The van der Waals surface area contributed by atoms with Crippen molar-refractivity contribution in [3.63, 3.8) is 0 Å². The molecule has 0 N–H and O–H groups in total. The molecule has 0 aliphatic rings. The Morgan fingerprint density at radius 2 is 1.89 bits per heavy atom. The van der Waals surface area contributed by atoms with Gasteiger partial charge < -0.3 is 0 Å². The van der Waals surface area contributed by atoms with Crippen LogP contribution in [0.1, 0.15) is 22.3 Å². The first kappa shape index (κ1) is 13.6. The minimum Gasteiger partial charge on any atom is -0.207 e. The Morgan fingerprint density at radius 3 is 2.63 bits per heavy atom. The summed E-state index contributed by atoms with van der Waals surface area (Å²) < 4.78 is 13.3. The molecule has 0 aromatic heterocycles. The van der Waals surface area contributed by atoms with Crippen LogP contribution in [-0.2, 0) is 11.5 Å². The highest BCUT2D eigenvalue weighted by molar-refractivity contribution is 7.97. The molecule has 2 aromatic rings. The van der Waals surface area contributed by atoms with Crippen LogP contribution in [0, 0.1) is 24.1 Å². The predicted octanol–water partition coefficient (Wildman–Crippen LogP) is 4.44. The first-order valence-electron chi connectivity index (χ1n) is 6.00. The highest BCUT2D eigenvalue weighted by atomic mass is 32.2. The summed E-state index contributed by atoms with van der Waals surface area (Å²) in [5.41, 5.74) is 3.75. The molecule has 2 aromatic carbocycles. The number of thioether (sulfide) groups is 1. The lowest BCUT2D eigenvalue weighted by Gasteiger charge is -2.04. The minimum absolute atomic E-state index is 0.342. The van der Waals surface area contributed by atoms with Crippen LogP contribution >= 0.6 is 11.8 Å². The van der Waals surface area contributed by atoms with E-state index in [4.69, 9.17) is 5.26 Å². The Labute approximate surface area is 117 Å². The summed E-state index contributed by atoms with van der Waals surface area (Å²) in [4.78, 5) is 0. The van der Waals surface area contributed by atoms with Gasteiger partial charge in [-0.1, -0.05) is 29.8 Å². The number of benzene rings is 2. The van der Waals surface area contributed by atoms with Crippen molar-refractivity contribution in [3.8, 4) is 6.07 Å². The van der Waals surface area contributed by atoms with E-state index in [2.05, 4.69) is 25.1 Å². The Kier molecular flexibility index (Phi) is 4.59. The quantitative estimate of drug-likeness (QED) is 0.821. The van der Waals surface area contributed by atoms with Crippen molar-refractivity contribution in [3.05, 3.63) is 70.5 Å². The van der Waals surface area contributed by atoms with E-state index >= 15 is 0 Å². The van der Waals surface area contributed by atoms with E-state index in [1.165, 1.54) is 23.3 Å². The third-order valence-electron chi connectivity index (χ3n) is 2.71. The largest absolute Gasteiger partial charge is 0.207 e. The number of nitriles is 1. The monoisotopic (exact) mass is 271 g/mol. The summed E-state index contributed by atoms with van der Waals surface area (Å²) in [6, 6.07) is 14.8. The molecule has 1 nitrogen and oxygen atoms in total. The molecule has 0 fully saturated rings. The fraction of sp³-hybridized carbons (Fsp3) is 0.188. The van der Waals surface area contributed by atoms with Crippen LogP contribution in [0.2, 0.25) is 0 Å². The summed E-state index contributed by atoms with van der Waals surface area (Å²) in [5.74, 6) is 1.26. The second-order valence-electron chi connectivity index (χ2n) is 4.44. The number of hydrogen-bond donors (Lipinski definition) is 0. The van der Waals surface area contributed by atoms with Gasteiger partial charge in [0.25, 0.3) is 0 Å². The van der Waals surface area contributed by atoms with Gasteiger partial charge in [-0.25, -0.2) is 4.39 Å². The van der Waals surface area contributed by atoms with Gasteiger partial charge in [-0.2, -0.15) is 17.0 Å². The lowest BCUT2D eigenvalue weighted by Crippen LogP contribution is -1.88. The predicted molar refractivity (Wildman–Crippen MR) is 77.3 cm³/mol. The molecule has 0 radical (unpaired) electrons. The van der Waals surface area contributed by atoms with Gasteiger partial charge in [0, 0.05) is 11.5 Å². The van der Waals surface area contributed by atoms with E-state index in [1.54, 1.807) is 17.8 Å². The molecule has 19 heavy (non-hydrogen) atoms. The van der Waals surface area contributed by atoms with Crippen molar-refractivity contribution in [2.24, 2.45) is 0 Å². The van der Waals surface area contributed by atoms with Crippen molar-refractivity contribution in [2.45, 2.75) is 18.4 Å². The van der Waals surface area contributed by atoms with Gasteiger partial charge in [-0.15, -0.1) is 0 Å². The third-order valence-corrected chi connectivity index (χ3v) is 3.78. The second kappa shape index (κ2) is 6.40. The maximum atomic E-state index is 13.3. The smallest absolute Gasteiger partial charge is 0.124 e. The molecule has 0 aliphatic heterocycles. The SMILES string of the molecule is Cc1cccc(CSCc2cc(F)cc(C#N)c2)c1. The first-order chi connectivity index (χ1) is 9.17. The second-order valence-corrected chi connectivity index (χ2v) is 5.43. The maximum Gasteiger partial charge on any atom is 0.124 e. The molecular weight excluding hydrogens is 257 g/mol. The topological polar surface area (TPSA) is 23.8 Å². The van der Waals surface area contributed by atoms with Gasteiger partial charge in [-0.3, -0.25) is 0 Å². The van der Waals surface area contributed by atoms with E-state index in [1.807, 2.05) is 12.1 Å². The molecule has 0 saturated heterocycles. The lowest BCUT2D eigenvalue weighted by atomic mass is 10.1. The normalized spacial score (nSPS) is 10.2. The number of halogens is 1. The number of aryl methyl sites for hydroxylation is 1. The van der Waals surface area contributed by atoms with E-state index in [-0.39, 0.29) is 5.82 Å². The Hall–Kier alpha value is -1.79. The van der Waals surface area contributed by atoms with E-state index < -0.39 is 0 Å². The number of hydrogen-bond acceptors (Lipinski definition) is 2. The van der Waals surface area contributed by atoms with Crippen LogP contribution in [0.5, 0.6) is 0 Å². The fourth-order valence-electron chi connectivity index (χ4n) is 1.89. The van der Waals surface area contributed by atoms with E-state index in [0.717, 1.165) is 11.3 Å². The highest BCUT2D eigenvalue weighted by Crippen LogP contribution is 2.20. The average molecular weight is 271 g/mol. The molecule has 0 unspecified atom stereocenters. The Balaban J connectivity index is 1.96. The number of rotatable bonds is 4. The summed E-state index contributed by atoms with van der Waals surface area (Å²) in [5, 5.41) is 8.80. The molecule has 0 saturated carbocycles. The van der Waals surface area contributed by atoms with E-state index in [0.29, 0.717) is 11.3 Å². The maximum absolute atomic E-state index is 13.3. The minimum atomic E-state index is -0.342. The van der Waals surface area contributed by atoms with Gasteiger partial charge in [0.2, 0.25) is 0 Å². The van der Waals surface area contributed by atoms with Crippen molar-refractivity contribution in [1.82, 2.24) is 0 Å². The molecular formula is C16H14FNS. The molecule has 0 spiro atoms. The van der Waals surface area contributed by atoms with Gasteiger partial charge in [0.1, 0.15) is 5.82 Å². The van der Waals surface area contributed by atoms with Crippen LogP contribution in [0.25, 0.3) is 0 Å². The van der Waals surface area contributed by atoms with Crippen LogP contribution in [0.15, 0.2) is 42.5 Å². The Bertz CT molecular complexity index is 616. The molecule has 0 aliphatic carbocycles. The zero-order valence-corrected chi connectivity index (χ0v) is 11.5. The van der Waals surface area contributed by atoms with Crippen molar-refractivity contribution in [1.29, 1.82) is 5.26 Å². The summed E-state index contributed by atoms with van der Waals surface area (Å²) in [6.45, 7) is 2.07. The average Bonchev–Trinajstić information content (AvgIpc) is 2.38. The highest BCUT2D eigenvalue weighted by Gasteiger charge is 2.01.